The number of carbonyl (C=O) groups is 1. The van der Waals surface area contributed by atoms with E-state index in [9.17, 15) is 4.79 Å². The smallest absolute Gasteiger partial charge is 0.255 e. The van der Waals surface area contributed by atoms with Crippen LogP contribution in [0.4, 0.5) is 0 Å². The van der Waals surface area contributed by atoms with Crippen molar-refractivity contribution in [1.82, 2.24) is 20.0 Å². The minimum atomic E-state index is -0.152. The number of nitrogens with one attached hydrogen (secondary N) is 1. The van der Waals surface area contributed by atoms with Gasteiger partial charge in [0.1, 0.15) is 5.75 Å². The topological polar surface area (TPSA) is 68.6 Å². The van der Waals surface area contributed by atoms with Crippen molar-refractivity contribution in [3.63, 3.8) is 0 Å². The summed E-state index contributed by atoms with van der Waals surface area (Å²) in [7, 11) is 3.79. The second kappa shape index (κ2) is 9.19. The first-order valence-electron chi connectivity index (χ1n) is 9.71. The molecule has 1 saturated heterocycles. The number of fused-ring (bicyclic) bond motifs is 1. The van der Waals surface area contributed by atoms with Crippen molar-refractivity contribution in [1.29, 1.82) is 0 Å². The van der Waals surface area contributed by atoms with Crippen LogP contribution in [0.5, 0.6) is 5.75 Å². The minimum absolute atomic E-state index is 0.152. The lowest BCUT2D eigenvalue weighted by molar-refractivity contribution is 0.0933. The van der Waals surface area contributed by atoms with Crippen molar-refractivity contribution in [3.05, 3.63) is 23.9 Å². The van der Waals surface area contributed by atoms with Crippen molar-refractivity contribution in [2.75, 3.05) is 47.0 Å². The van der Waals surface area contributed by atoms with Gasteiger partial charge in [-0.2, -0.15) is 5.10 Å². The molecule has 1 aliphatic heterocycles. The molecule has 27 heavy (non-hydrogen) atoms. The second-order valence-corrected chi connectivity index (χ2v) is 7.15. The van der Waals surface area contributed by atoms with Gasteiger partial charge in [0, 0.05) is 26.4 Å². The summed E-state index contributed by atoms with van der Waals surface area (Å²) < 4.78 is 12.8. The van der Waals surface area contributed by atoms with Crippen LogP contribution >= 0.6 is 0 Å². The van der Waals surface area contributed by atoms with Gasteiger partial charge in [-0.3, -0.25) is 9.48 Å². The van der Waals surface area contributed by atoms with Gasteiger partial charge in [-0.05, 0) is 58.0 Å². The minimum Gasteiger partial charge on any atom is -0.492 e. The van der Waals surface area contributed by atoms with E-state index in [-0.39, 0.29) is 5.91 Å². The number of piperidine rings is 1. The van der Waals surface area contributed by atoms with E-state index >= 15 is 0 Å². The van der Waals surface area contributed by atoms with Gasteiger partial charge in [0.15, 0.2) is 0 Å². The standard InChI is InChI=1S/C20H30N4O3/c1-4-27-19-16(20(25)21-9-12-26-3)5-6-18-17(19)14-24(22-18)13-15-7-10-23(2)11-8-15/h5-6,14-15H,4,7-13H2,1-3H3,(H,21,25). The van der Waals surface area contributed by atoms with Crippen LogP contribution < -0.4 is 10.1 Å². The van der Waals surface area contributed by atoms with Crippen LogP contribution in [0.1, 0.15) is 30.1 Å². The lowest BCUT2D eigenvalue weighted by atomic mass is 9.97. The number of amides is 1. The molecule has 0 radical (unpaired) electrons. The van der Waals surface area contributed by atoms with Crippen molar-refractivity contribution in [3.8, 4) is 5.75 Å². The molecule has 0 spiro atoms. The summed E-state index contributed by atoms with van der Waals surface area (Å²) in [5, 5.41) is 8.47. The number of hydrogen-bond acceptors (Lipinski definition) is 5. The average Bonchev–Trinajstić information content (AvgIpc) is 3.07. The first-order chi connectivity index (χ1) is 13.1. The number of benzene rings is 1. The van der Waals surface area contributed by atoms with Gasteiger partial charge in [0.25, 0.3) is 5.91 Å². The number of carbonyl (C=O) groups excluding carboxylic acids is 1. The normalized spacial score (nSPS) is 16.0. The Bertz CT molecular complexity index is 766. The Balaban J connectivity index is 1.81. The van der Waals surface area contributed by atoms with Crippen LogP contribution in [-0.4, -0.2) is 67.6 Å². The van der Waals surface area contributed by atoms with E-state index in [0.717, 1.165) is 30.5 Å². The number of nitrogens with zero attached hydrogens (tertiary/aromatic N) is 3. The number of methoxy groups -OCH3 is 1. The molecular formula is C20H30N4O3. The largest absolute Gasteiger partial charge is 0.492 e. The fourth-order valence-corrected chi connectivity index (χ4v) is 3.56. The molecule has 1 N–H and O–H groups in total. The van der Waals surface area contributed by atoms with Crippen LogP contribution in [0.25, 0.3) is 10.9 Å². The molecule has 148 valence electrons. The Labute approximate surface area is 160 Å². The van der Waals surface area contributed by atoms with Crippen LogP contribution in [0.2, 0.25) is 0 Å². The molecule has 0 saturated carbocycles. The Kier molecular flexibility index (Phi) is 6.68. The van der Waals surface area contributed by atoms with Gasteiger partial charge in [0.05, 0.1) is 29.7 Å². The molecule has 1 aliphatic rings. The number of aromatic nitrogens is 2. The third-order valence-corrected chi connectivity index (χ3v) is 5.10. The summed E-state index contributed by atoms with van der Waals surface area (Å²) in [5.74, 6) is 1.10. The summed E-state index contributed by atoms with van der Waals surface area (Å²) in [6.07, 6.45) is 4.40. The van der Waals surface area contributed by atoms with E-state index in [1.807, 2.05) is 23.9 Å². The molecule has 1 fully saturated rings. The molecule has 7 nitrogen and oxygen atoms in total. The van der Waals surface area contributed by atoms with Crippen LogP contribution in [0.15, 0.2) is 18.3 Å². The fourth-order valence-electron chi connectivity index (χ4n) is 3.56. The summed E-state index contributed by atoms with van der Waals surface area (Å²) in [6, 6.07) is 3.69. The van der Waals surface area contributed by atoms with Crippen LogP contribution in [-0.2, 0) is 11.3 Å². The number of ether oxygens (including phenoxy) is 2. The fraction of sp³-hybridized carbons (Fsp3) is 0.600. The van der Waals surface area contributed by atoms with Gasteiger partial charge in [-0.25, -0.2) is 0 Å². The Morgan fingerprint density at radius 1 is 1.33 bits per heavy atom. The predicted octanol–water partition coefficient (Wildman–Crippen LogP) is 2.15. The molecule has 0 unspecified atom stereocenters. The SMILES string of the molecule is CCOc1c(C(=O)NCCOC)ccc2nn(CC3CCN(C)CC3)cc12. The van der Waals surface area contributed by atoms with E-state index in [2.05, 4.69) is 17.3 Å². The molecule has 0 bridgehead atoms. The molecular weight excluding hydrogens is 344 g/mol. The zero-order valence-electron chi connectivity index (χ0n) is 16.5. The zero-order chi connectivity index (χ0) is 19.2. The van der Waals surface area contributed by atoms with Gasteiger partial charge in [0.2, 0.25) is 0 Å². The molecule has 2 aromatic rings. The van der Waals surface area contributed by atoms with Gasteiger partial charge in [-0.1, -0.05) is 0 Å². The Morgan fingerprint density at radius 2 is 2.11 bits per heavy atom. The lowest BCUT2D eigenvalue weighted by Gasteiger charge is -2.28. The maximum absolute atomic E-state index is 12.5. The lowest BCUT2D eigenvalue weighted by Crippen LogP contribution is -2.31. The summed E-state index contributed by atoms with van der Waals surface area (Å²) in [6.45, 7) is 6.55. The third-order valence-electron chi connectivity index (χ3n) is 5.10. The highest BCUT2D eigenvalue weighted by Crippen LogP contribution is 2.30. The van der Waals surface area contributed by atoms with Crippen LogP contribution in [0, 0.1) is 5.92 Å². The Morgan fingerprint density at radius 3 is 2.81 bits per heavy atom. The monoisotopic (exact) mass is 374 g/mol. The van der Waals surface area contributed by atoms with E-state index < -0.39 is 0 Å². The highest BCUT2D eigenvalue weighted by Gasteiger charge is 2.20. The molecule has 1 aromatic carbocycles. The summed E-state index contributed by atoms with van der Waals surface area (Å²) in [5.41, 5.74) is 1.40. The molecule has 1 amide bonds. The molecule has 0 aliphatic carbocycles. The van der Waals surface area contributed by atoms with Crippen molar-refractivity contribution >= 4 is 16.8 Å². The van der Waals surface area contributed by atoms with Crippen LogP contribution in [0.3, 0.4) is 0 Å². The first kappa shape index (κ1) is 19.6. The molecule has 0 atom stereocenters. The van der Waals surface area contributed by atoms with Crippen molar-refractivity contribution in [2.45, 2.75) is 26.3 Å². The highest BCUT2D eigenvalue weighted by atomic mass is 16.5. The molecule has 3 rings (SSSR count). The number of rotatable bonds is 8. The van der Waals surface area contributed by atoms with Crippen molar-refractivity contribution < 1.29 is 14.3 Å². The van der Waals surface area contributed by atoms with E-state index in [0.29, 0.717) is 37.0 Å². The predicted molar refractivity (Wildman–Crippen MR) is 105 cm³/mol. The number of hydrogen-bond donors (Lipinski definition) is 1. The third kappa shape index (κ3) is 4.78. The maximum Gasteiger partial charge on any atom is 0.255 e. The summed E-state index contributed by atoms with van der Waals surface area (Å²) >= 11 is 0. The van der Waals surface area contributed by atoms with E-state index in [1.165, 1.54) is 12.8 Å². The highest BCUT2D eigenvalue weighted by molar-refractivity contribution is 6.03. The second-order valence-electron chi connectivity index (χ2n) is 7.15. The molecule has 2 heterocycles. The van der Waals surface area contributed by atoms with Gasteiger partial charge >= 0.3 is 0 Å². The van der Waals surface area contributed by atoms with Gasteiger partial charge < -0.3 is 19.7 Å². The van der Waals surface area contributed by atoms with Gasteiger partial charge in [-0.15, -0.1) is 0 Å². The first-order valence-corrected chi connectivity index (χ1v) is 9.71. The Hall–Kier alpha value is -2.12. The maximum atomic E-state index is 12.5. The molecule has 1 aromatic heterocycles. The summed E-state index contributed by atoms with van der Waals surface area (Å²) in [4.78, 5) is 14.9. The molecule has 7 heteroatoms. The number of likely N-dealkylation sites (tertiary alicyclic amines) is 1. The zero-order valence-corrected chi connectivity index (χ0v) is 16.5. The van der Waals surface area contributed by atoms with E-state index in [1.54, 1.807) is 13.2 Å². The average molecular weight is 374 g/mol. The van der Waals surface area contributed by atoms with Crippen molar-refractivity contribution in [2.24, 2.45) is 5.92 Å². The van der Waals surface area contributed by atoms with E-state index in [4.69, 9.17) is 14.6 Å². The quantitative estimate of drug-likeness (QED) is 0.717.